The predicted molar refractivity (Wildman–Crippen MR) is 106 cm³/mol. The van der Waals surface area contributed by atoms with Gasteiger partial charge in [0.1, 0.15) is 11.6 Å². The number of ether oxygens (including phenoxy) is 2. The van der Waals surface area contributed by atoms with Crippen LogP contribution in [0.25, 0.3) is 11.3 Å². The van der Waals surface area contributed by atoms with Crippen LogP contribution < -0.4 is 4.74 Å². The van der Waals surface area contributed by atoms with Crippen molar-refractivity contribution in [2.24, 2.45) is 0 Å². The third-order valence-corrected chi connectivity index (χ3v) is 5.22. The quantitative estimate of drug-likeness (QED) is 0.655. The molecule has 1 aromatic heterocycles. The number of morpholine rings is 1. The summed E-state index contributed by atoms with van der Waals surface area (Å²) in [6.07, 6.45) is -2.70. The van der Waals surface area contributed by atoms with Crippen molar-refractivity contribution >= 4 is 0 Å². The van der Waals surface area contributed by atoms with Gasteiger partial charge in [-0.25, -0.2) is 4.98 Å². The summed E-state index contributed by atoms with van der Waals surface area (Å²) < 4.78 is 49.2. The van der Waals surface area contributed by atoms with Gasteiger partial charge in [0.15, 0.2) is 0 Å². The zero-order chi connectivity index (χ0) is 21.1. The summed E-state index contributed by atoms with van der Waals surface area (Å²) in [6, 6.07) is 12.9. The summed E-state index contributed by atoms with van der Waals surface area (Å²) in [6.45, 7) is 2.62. The molecule has 158 valence electrons. The highest BCUT2D eigenvalue weighted by Gasteiger charge is 2.30. The van der Waals surface area contributed by atoms with Crippen LogP contribution in [0.1, 0.15) is 23.0 Å². The van der Waals surface area contributed by atoms with Crippen LogP contribution in [0.3, 0.4) is 0 Å². The van der Waals surface area contributed by atoms with E-state index in [0.717, 1.165) is 42.4 Å². The van der Waals surface area contributed by atoms with Crippen LogP contribution in [-0.4, -0.2) is 41.7 Å². The van der Waals surface area contributed by atoms with Crippen LogP contribution in [0.15, 0.2) is 54.7 Å². The Morgan fingerprint density at radius 2 is 1.87 bits per heavy atom. The van der Waals surface area contributed by atoms with Crippen molar-refractivity contribution in [2.75, 3.05) is 26.9 Å². The van der Waals surface area contributed by atoms with Gasteiger partial charge in [0, 0.05) is 13.1 Å². The molecular weight excluding hydrogens is 395 g/mol. The lowest BCUT2D eigenvalue weighted by Gasteiger charge is -2.34. The van der Waals surface area contributed by atoms with Crippen molar-refractivity contribution in [3.63, 3.8) is 0 Å². The Balaban J connectivity index is 1.51. The number of nitrogens with one attached hydrogen (secondary N) is 1. The van der Waals surface area contributed by atoms with Crippen molar-refractivity contribution < 1.29 is 22.6 Å². The summed E-state index contributed by atoms with van der Waals surface area (Å²) in [5.41, 5.74) is 1.81. The Morgan fingerprint density at radius 3 is 2.53 bits per heavy atom. The molecule has 2 aromatic carbocycles. The lowest BCUT2D eigenvalue weighted by Crippen LogP contribution is -2.39. The number of benzene rings is 2. The Bertz CT molecular complexity index is 969. The van der Waals surface area contributed by atoms with Crippen LogP contribution >= 0.6 is 0 Å². The number of methoxy groups -OCH3 is 1. The summed E-state index contributed by atoms with van der Waals surface area (Å²) >= 11 is 0. The van der Waals surface area contributed by atoms with Gasteiger partial charge in [0.25, 0.3) is 0 Å². The lowest BCUT2D eigenvalue weighted by atomic mass is 10.1. The van der Waals surface area contributed by atoms with Crippen LogP contribution in [-0.2, 0) is 17.5 Å². The first-order valence-electron chi connectivity index (χ1n) is 9.61. The number of nitrogens with zero attached hydrogens (tertiary/aromatic N) is 2. The second-order valence-corrected chi connectivity index (χ2v) is 7.17. The molecule has 30 heavy (non-hydrogen) atoms. The molecule has 1 unspecified atom stereocenters. The molecule has 1 fully saturated rings. The van der Waals surface area contributed by atoms with E-state index in [-0.39, 0.29) is 6.04 Å². The van der Waals surface area contributed by atoms with Crippen LogP contribution in [0, 0.1) is 0 Å². The minimum absolute atomic E-state index is 0.0657. The fourth-order valence-corrected chi connectivity index (χ4v) is 3.54. The smallest absolute Gasteiger partial charge is 0.416 e. The highest BCUT2D eigenvalue weighted by molar-refractivity contribution is 5.59. The van der Waals surface area contributed by atoms with E-state index in [1.165, 1.54) is 12.1 Å². The fraction of sp³-hybridized carbons (Fsp3) is 0.318. The fourth-order valence-electron chi connectivity index (χ4n) is 3.54. The molecule has 0 amide bonds. The molecule has 0 aliphatic carbocycles. The van der Waals surface area contributed by atoms with Gasteiger partial charge in [-0.05, 0) is 35.4 Å². The molecule has 1 atom stereocenters. The molecule has 3 aromatic rings. The number of H-pyrrole nitrogens is 1. The first kappa shape index (κ1) is 20.4. The maximum absolute atomic E-state index is 12.8. The first-order valence-corrected chi connectivity index (χ1v) is 9.61. The van der Waals surface area contributed by atoms with Crippen molar-refractivity contribution in [1.82, 2.24) is 14.9 Å². The number of aromatic nitrogens is 2. The highest BCUT2D eigenvalue weighted by Crippen LogP contribution is 2.31. The standard InChI is InChI=1S/C22H22F3N3O2/c1-29-18-8-2-15(3-9-18)13-28-10-11-30-14-20(28)21-26-12-19(27-21)16-4-6-17(7-5-16)22(23,24)25/h2-9,12,20H,10-11,13-14H2,1H3,(H,26,27). The average molecular weight is 417 g/mol. The van der Waals surface area contributed by atoms with E-state index in [0.29, 0.717) is 24.5 Å². The van der Waals surface area contributed by atoms with Gasteiger partial charge in [0.2, 0.25) is 0 Å². The van der Waals surface area contributed by atoms with E-state index >= 15 is 0 Å². The Hall–Kier alpha value is -2.84. The second-order valence-electron chi connectivity index (χ2n) is 7.17. The van der Waals surface area contributed by atoms with Crippen molar-refractivity contribution in [2.45, 2.75) is 18.8 Å². The molecule has 1 N–H and O–H groups in total. The number of alkyl halides is 3. The highest BCUT2D eigenvalue weighted by atomic mass is 19.4. The average Bonchev–Trinajstić information content (AvgIpc) is 3.24. The number of hydrogen-bond acceptors (Lipinski definition) is 4. The lowest BCUT2D eigenvalue weighted by molar-refractivity contribution is -0.137. The van der Waals surface area contributed by atoms with Crippen LogP contribution in [0.2, 0.25) is 0 Å². The summed E-state index contributed by atoms with van der Waals surface area (Å²) in [5, 5.41) is 0. The molecule has 0 saturated carbocycles. The molecule has 1 saturated heterocycles. The third-order valence-electron chi connectivity index (χ3n) is 5.22. The summed E-state index contributed by atoms with van der Waals surface area (Å²) in [5.74, 6) is 1.54. The molecule has 2 heterocycles. The van der Waals surface area contributed by atoms with Gasteiger partial charge in [-0.15, -0.1) is 0 Å². The first-order chi connectivity index (χ1) is 14.4. The Kier molecular flexibility index (Phi) is 5.78. The minimum Gasteiger partial charge on any atom is -0.497 e. The summed E-state index contributed by atoms with van der Waals surface area (Å²) in [7, 11) is 1.64. The van der Waals surface area contributed by atoms with Gasteiger partial charge in [-0.1, -0.05) is 24.3 Å². The zero-order valence-corrected chi connectivity index (χ0v) is 16.4. The maximum atomic E-state index is 12.8. The second kappa shape index (κ2) is 8.49. The number of hydrogen-bond donors (Lipinski definition) is 1. The molecule has 8 heteroatoms. The Labute approximate surface area is 172 Å². The largest absolute Gasteiger partial charge is 0.497 e. The normalized spacial score (nSPS) is 17.8. The molecule has 0 spiro atoms. The molecule has 4 rings (SSSR count). The molecule has 0 bridgehead atoms. The van der Waals surface area contributed by atoms with Crippen molar-refractivity contribution in [3.05, 3.63) is 71.7 Å². The number of imidazole rings is 1. The molecule has 0 radical (unpaired) electrons. The van der Waals surface area contributed by atoms with E-state index in [1.807, 2.05) is 24.3 Å². The summed E-state index contributed by atoms with van der Waals surface area (Å²) in [4.78, 5) is 10.0. The van der Waals surface area contributed by atoms with Crippen molar-refractivity contribution in [3.8, 4) is 17.0 Å². The third kappa shape index (κ3) is 4.49. The van der Waals surface area contributed by atoms with E-state index in [4.69, 9.17) is 9.47 Å². The van der Waals surface area contributed by atoms with E-state index in [2.05, 4.69) is 14.9 Å². The molecule has 5 nitrogen and oxygen atoms in total. The van der Waals surface area contributed by atoms with Gasteiger partial charge in [-0.2, -0.15) is 13.2 Å². The van der Waals surface area contributed by atoms with Crippen LogP contribution in [0.4, 0.5) is 13.2 Å². The molecule has 1 aliphatic heterocycles. The maximum Gasteiger partial charge on any atom is 0.416 e. The topological polar surface area (TPSA) is 50.4 Å². The SMILES string of the molecule is COc1ccc(CN2CCOCC2c2ncc(-c3ccc(C(F)(F)F)cc3)[nH]2)cc1. The van der Waals surface area contributed by atoms with Gasteiger partial charge < -0.3 is 14.5 Å². The number of aromatic amines is 1. The minimum atomic E-state index is -4.35. The van der Waals surface area contributed by atoms with Gasteiger partial charge >= 0.3 is 6.18 Å². The Morgan fingerprint density at radius 1 is 1.13 bits per heavy atom. The monoisotopic (exact) mass is 417 g/mol. The molecular formula is C22H22F3N3O2. The van der Waals surface area contributed by atoms with E-state index in [9.17, 15) is 13.2 Å². The van der Waals surface area contributed by atoms with Gasteiger partial charge in [0.05, 0.1) is 43.8 Å². The van der Waals surface area contributed by atoms with E-state index in [1.54, 1.807) is 13.3 Å². The van der Waals surface area contributed by atoms with Crippen molar-refractivity contribution in [1.29, 1.82) is 0 Å². The number of halogens is 3. The predicted octanol–water partition coefficient (Wildman–Crippen LogP) is 4.68. The molecule has 1 aliphatic rings. The van der Waals surface area contributed by atoms with Gasteiger partial charge in [-0.3, -0.25) is 4.90 Å². The van der Waals surface area contributed by atoms with E-state index < -0.39 is 11.7 Å². The number of rotatable bonds is 5. The zero-order valence-electron chi connectivity index (χ0n) is 16.4. The van der Waals surface area contributed by atoms with Crippen LogP contribution in [0.5, 0.6) is 5.75 Å².